The molecule has 0 atom stereocenters. The van der Waals surface area contributed by atoms with E-state index < -0.39 is 20.9 Å². The number of carbonyl (C=O) groups is 1. The van der Waals surface area contributed by atoms with Gasteiger partial charge in [0, 0.05) is 6.42 Å². The van der Waals surface area contributed by atoms with Crippen molar-refractivity contribution in [3.8, 4) is 0 Å². The van der Waals surface area contributed by atoms with E-state index in [4.69, 9.17) is 0 Å². The van der Waals surface area contributed by atoms with Crippen LogP contribution in [0.4, 0.5) is 0 Å². The van der Waals surface area contributed by atoms with Crippen LogP contribution in [0.3, 0.4) is 0 Å². The van der Waals surface area contributed by atoms with Crippen LogP contribution in [0.15, 0.2) is 0 Å². The molecule has 0 aromatic rings. The molecule has 0 spiro atoms. The summed E-state index contributed by atoms with van der Waals surface area (Å²) in [6, 6.07) is 0. The number of hydrogen-bond donors (Lipinski definition) is 0. The number of unbranched alkanes of at least 4 members (excludes halogenated alkanes) is 8. The van der Waals surface area contributed by atoms with Gasteiger partial charge in [-0.1, -0.05) is 58.3 Å². The number of hydrogen-bond acceptors (Lipinski definition) is 3. The largest absolute Gasteiger partial charge is 0.330 e. The van der Waals surface area contributed by atoms with Crippen molar-refractivity contribution >= 4 is 15.7 Å². The smallest absolute Gasteiger partial charge is 0.223 e. The summed E-state index contributed by atoms with van der Waals surface area (Å²) in [7, 11) is -3.10. The quantitative estimate of drug-likeness (QED) is 0.521. The highest BCUT2D eigenvalue weighted by Crippen LogP contribution is 2.34. The summed E-state index contributed by atoms with van der Waals surface area (Å²) in [5.41, 5.74) is -1.26. The van der Waals surface area contributed by atoms with Gasteiger partial charge >= 0.3 is 0 Å². The minimum absolute atomic E-state index is 0.0624. The molecule has 0 aromatic heterocycles. The molecule has 4 nitrogen and oxygen atoms in total. The molecular formula is C20H39NO3S. The Balaban J connectivity index is 2.39. The standard InChI is InChI=1S/C20H39NO3S/c1-6-7-8-9-10-11-12-13-14-15-18(22)21-19(2,3)16-25(23,24)17-20(21,4)5/h6-17H2,1-5H3. The number of amides is 1. The molecule has 25 heavy (non-hydrogen) atoms. The van der Waals surface area contributed by atoms with Crippen LogP contribution in [0.5, 0.6) is 0 Å². The van der Waals surface area contributed by atoms with Gasteiger partial charge in [0.2, 0.25) is 5.91 Å². The normalized spacial score (nSPS) is 21.2. The Hall–Kier alpha value is -0.580. The topological polar surface area (TPSA) is 54.5 Å². The van der Waals surface area contributed by atoms with E-state index in [-0.39, 0.29) is 17.4 Å². The number of carbonyl (C=O) groups excluding carboxylic acids is 1. The summed E-state index contributed by atoms with van der Waals surface area (Å²) in [5, 5.41) is 0. The molecule has 0 N–H and O–H groups in total. The number of rotatable bonds is 10. The second kappa shape index (κ2) is 9.38. The molecule has 1 heterocycles. The Bertz CT molecular complexity index is 499. The Morgan fingerprint density at radius 1 is 0.800 bits per heavy atom. The van der Waals surface area contributed by atoms with Crippen molar-refractivity contribution < 1.29 is 13.2 Å². The van der Waals surface area contributed by atoms with Crippen LogP contribution >= 0.6 is 0 Å². The van der Waals surface area contributed by atoms with Gasteiger partial charge in [-0.2, -0.15) is 0 Å². The average molecular weight is 374 g/mol. The van der Waals surface area contributed by atoms with Crippen molar-refractivity contribution in [3.05, 3.63) is 0 Å². The molecular weight excluding hydrogens is 334 g/mol. The predicted molar refractivity (Wildman–Crippen MR) is 106 cm³/mol. The Labute approximate surface area is 155 Å². The Morgan fingerprint density at radius 3 is 1.64 bits per heavy atom. The van der Waals surface area contributed by atoms with E-state index in [0.29, 0.717) is 6.42 Å². The lowest BCUT2D eigenvalue weighted by atomic mass is 9.93. The van der Waals surface area contributed by atoms with Crippen LogP contribution in [0.25, 0.3) is 0 Å². The van der Waals surface area contributed by atoms with Gasteiger partial charge in [-0.3, -0.25) is 4.79 Å². The summed E-state index contributed by atoms with van der Waals surface area (Å²) in [6.07, 6.45) is 11.6. The zero-order valence-electron chi connectivity index (χ0n) is 17.1. The molecule has 5 heteroatoms. The van der Waals surface area contributed by atoms with Crippen LogP contribution in [0.2, 0.25) is 0 Å². The first-order valence-electron chi connectivity index (χ1n) is 10.1. The van der Waals surface area contributed by atoms with E-state index in [1.807, 2.05) is 32.6 Å². The molecule has 1 saturated heterocycles. The molecule has 0 bridgehead atoms. The molecule has 1 aliphatic heterocycles. The Kier molecular flexibility index (Phi) is 8.43. The van der Waals surface area contributed by atoms with Crippen molar-refractivity contribution in [2.45, 2.75) is 110 Å². The minimum atomic E-state index is -3.10. The van der Waals surface area contributed by atoms with Gasteiger partial charge in [-0.15, -0.1) is 0 Å². The first kappa shape index (κ1) is 22.5. The van der Waals surface area contributed by atoms with Crippen molar-refractivity contribution in [2.75, 3.05) is 11.5 Å². The average Bonchev–Trinajstić information content (AvgIpc) is 2.41. The lowest BCUT2D eigenvalue weighted by Gasteiger charge is -2.52. The van der Waals surface area contributed by atoms with E-state index in [1.165, 1.54) is 44.9 Å². The van der Waals surface area contributed by atoms with E-state index in [2.05, 4.69) is 6.92 Å². The fraction of sp³-hybridized carbons (Fsp3) is 0.950. The zero-order chi connectivity index (χ0) is 19.1. The predicted octanol–water partition coefficient (Wildman–Crippen LogP) is 4.72. The van der Waals surface area contributed by atoms with E-state index in [1.54, 1.807) is 0 Å². The van der Waals surface area contributed by atoms with E-state index >= 15 is 0 Å². The summed E-state index contributed by atoms with van der Waals surface area (Å²) in [5.74, 6) is 0.229. The Morgan fingerprint density at radius 2 is 1.20 bits per heavy atom. The third-order valence-corrected chi connectivity index (χ3v) is 7.39. The van der Waals surface area contributed by atoms with Crippen LogP contribution in [-0.4, -0.2) is 41.8 Å². The first-order valence-corrected chi connectivity index (χ1v) is 11.9. The fourth-order valence-electron chi connectivity index (χ4n) is 4.45. The molecule has 0 aliphatic carbocycles. The second-order valence-corrected chi connectivity index (χ2v) is 11.0. The maximum Gasteiger partial charge on any atom is 0.223 e. The van der Waals surface area contributed by atoms with Crippen LogP contribution in [0.1, 0.15) is 98.8 Å². The molecule has 1 amide bonds. The maximum absolute atomic E-state index is 12.8. The van der Waals surface area contributed by atoms with Crippen LogP contribution in [0, 0.1) is 0 Å². The SMILES string of the molecule is CCCCCCCCCCCC(=O)N1C(C)(C)CS(=O)(=O)CC1(C)C. The molecule has 0 unspecified atom stereocenters. The number of sulfone groups is 1. The minimum Gasteiger partial charge on any atom is -0.330 e. The second-order valence-electron chi connectivity index (χ2n) is 8.96. The molecule has 1 rings (SSSR count). The first-order chi connectivity index (χ1) is 11.5. The zero-order valence-corrected chi connectivity index (χ0v) is 17.9. The summed E-state index contributed by atoms with van der Waals surface area (Å²) in [4.78, 5) is 14.6. The van der Waals surface area contributed by atoms with Gasteiger partial charge in [0.15, 0.2) is 9.84 Å². The highest BCUT2D eigenvalue weighted by molar-refractivity contribution is 7.91. The van der Waals surface area contributed by atoms with Gasteiger partial charge in [0.05, 0.1) is 22.6 Å². The van der Waals surface area contributed by atoms with Gasteiger partial charge < -0.3 is 4.90 Å². The molecule has 1 fully saturated rings. The third kappa shape index (κ3) is 7.28. The number of nitrogens with zero attached hydrogens (tertiary/aromatic N) is 1. The third-order valence-electron chi connectivity index (χ3n) is 5.10. The van der Waals surface area contributed by atoms with Crippen molar-refractivity contribution in [2.24, 2.45) is 0 Å². The summed E-state index contributed by atoms with van der Waals surface area (Å²) < 4.78 is 24.3. The molecule has 0 aromatic carbocycles. The highest BCUT2D eigenvalue weighted by atomic mass is 32.2. The summed E-state index contributed by atoms with van der Waals surface area (Å²) in [6.45, 7) is 9.73. The van der Waals surface area contributed by atoms with Gasteiger partial charge in [-0.25, -0.2) is 8.42 Å². The van der Waals surface area contributed by atoms with Gasteiger partial charge in [0.25, 0.3) is 0 Å². The lowest BCUT2D eigenvalue weighted by Crippen LogP contribution is -2.67. The van der Waals surface area contributed by atoms with Crippen LogP contribution < -0.4 is 0 Å². The fourth-order valence-corrected chi connectivity index (χ4v) is 6.96. The molecule has 148 valence electrons. The summed E-state index contributed by atoms with van der Waals surface area (Å²) >= 11 is 0. The van der Waals surface area contributed by atoms with Gasteiger partial charge in [0.1, 0.15) is 0 Å². The molecule has 1 aliphatic rings. The van der Waals surface area contributed by atoms with Crippen molar-refractivity contribution in [1.82, 2.24) is 4.90 Å². The van der Waals surface area contributed by atoms with E-state index in [9.17, 15) is 13.2 Å². The molecule has 0 saturated carbocycles. The lowest BCUT2D eigenvalue weighted by molar-refractivity contribution is -0.143. The van der Waals surface area contributed by atoms with E-state index in [0.717, 1.165) is 12.8 Å². The maximum atomic E-state index is 12.8. The van der Waals surface area contributed by atoms with Gasteiger partial charge in [-0.05, 0) is 34.1 Å². The molecule has 0 radical (unpaired) electrons. The van der Waals surface area contributed by atoms with Crippen molar-refractivity contribution in [1.29, 1.82) is 0 Å². The highest BCUT2D eigenvalue weighted by Gasteiger charge is 2.49. The van der Waals surface area contributed by atoms with Crippen molar-refractivity contribution in [3.63, 3.8) is 0 Å². The van der Waals surface area contributed by atoms with Crippen LogP contribution in [-0.2, 0) is 14.6 Å². The monoisotopic (exact) mass is 373 g/mol.